The van der Waals surface area contributed by atoms with Gasteiger partial charge in [0.05, 0.1) is 37.8 Å². The highest BCUT2D eigenvalue weighted by molar-refractivity contribution is 5.86. The Hall–Kier alpha value is -2.09. The Morgan fingerprint density at radius 3 is 2.16 bits per heavy atom. The number of aliphatic hydroxyl groups excluding tert-OH is 7. The van der Waals surface area contributed by atoms with Gasteiger partial charge < -0.3 is 64.5 Å². The van der Waals surface area contributed by atoms with Crippen LogP contribution in [0.5, 0.6) is 0 Å². The number of rotatable bonds is 8. The second-order valence-corrected chi connectivity index (χ2v) is 19.9. The summed E-state index contributed by atoms with van der Waals surface area (Å²) in [6.07, 6.45) is -8.66. The number of hydrogen-bond donors (Lipinski definition) is 8. The molecule has 16 nitrogen and oxygen atoms in total. The van der Waals surface area contributed by atoms with Crippen LogP contribution in [0.25, 0.3) is 0 Å². The summed E-state index contributed by atoms with van der Waals surface area (Å²) < 4.78 is 28.3. The molecule has 0 spiro atoms. The van der Waals surface area contributed by atoms with Crippen LogP contribution in [-0.2, 0) is 38.1 Å². The van der Waals surface area contributed by atoms with Crippen LogP contribution in [0.4, 0.5) is 0 Å². The van der Waals surface area contributed by atoms with Gasteiger partial charge in [0, 0.05) is 11.8 Å². The third-order valence-electron chi connectivity index (χ3n) is 17.2. The predicted octanol–water partition coefficient (Wildman–Crippen LogP) is 0.826. The molecular formula is C42H64O16. The Bertz CT molecular complexity index is 1650. The fourth-order valence-corrected chi connectivity index (χ4v) is 13.5. The molecule has 0 amide bonds. The van der Waals surface area contributed by atoms with E-state index in [-0.39, 0.29) is 47.9 Å². The maximum absolute atomic E-state index is 14.5. The molecule has 2 heterocycles. The molecule has 0 aromatic rings. The number of allylic oxidation sites excluding steroid dienone is 2. The molecule has 2 unspecified atom stereocenters. The number of Topliss-reactive ketones (excluding diaryl/α,β-unsaturated/α-hetero) is 1. The number of esters is 1. The number of ketones is 1. The molecule has 0 aromatic heterocycles. The van der Waals surface area contributed by atoms with Gasteiger partial charge >= 0.3 is 11.9 Å². The standard InChI is InChI=1S/C42H64O16/c1-37(36(53)54-6)11-13-42(35(51)52)14-12-40(4)20(21(42)15-37)7-8-26-38(2)16-22(45)32(39(3,19-44)25(38)9-10-41(26,40)5)58-33-30(49)28(47)24(18-55-33)57-34-31(50)29(48)27(46)23(17-43)56-34/h7,21,23-34,43-44,46-50H,8-19H2,1-6H3,(H,51,52)/t21-,23+,24+,25?,26?,27+,28-,29-,30+,31+,32-,33-,34-,37-,38-,39-,40+,41+,42-/m0/s1. The highest BCUT2D eigenvalue weighted by Crippen LogP contribution is 2.75. The van der Waals surface area contributed by atoms with E-state index in [2.05, 4.69) is 26.8 Å². The zero-order valence-electron chi connectivity index (χ0n) is 34.4. The lowest BCUT2D eigenvalue weighted by atomic mass is 9.33. The van der Waals surface area contributed by atoms with Crippen LogP contribution >= 0.6 is 0 Å². The molecule has 0 bridgehead atoms. The molecule has 0 aromatic carbocycles. The molecule has 328 valence electrons. The van der Waals surface area contributed by atoms with Gasteiger partial charge in [-0.05, 0) is 92.3 Å². The minimum absolute atomic E-state index is 0.0187. The molecule has 4 saturated carbocycles. The average molecular weight is 825 g/mol. The van der Waals surface area contributed by atoms with Crippen molar-refractivity contribution in [3.05, 3.63) is 11.6 Å². The van der Waals surface area contributed by atoms with E-state index in [1.807, 2.05) is 13.8 Å². The number of carbonyl (C=O) groups is 3. The Balaban J connectivity index is 1.11. The van der Waals surface area contributed by atoms with E-state index in [0.29, 0.717) is 44.9 Å². The van der Waals surface area contributed by atoms with E-state index in [9.17, 15) is 55.2 Å². The lowest BCUT2D eigenvalue weighted by Crippen LogP contribution is -2.68. The number of carbonyl (C=O) groups excluding carboxylic acids is 2. The molecule has 5 aliphatic carbocycles. The normalized spacial score (nSPS) is 52.9. The molecule has 7 aliphatic rings. The summed E-state index contributed by atoms with van der Waals surface area (Å²) in [4.78, 5) is 40.7. The second-order valence-electron chi connectivity index (χ2n) is 19.9. The van der Waals surface area contributed by atoms with E-state index >= 15 is 0 Å². The zero-order valence-corrected chi connectivity index (χ0v) is 34.4. The van der Waals surface area contributed by atoms with Crippen molar-refractivity contribution < 1.29 is 78.9 Å². The van der Waals surface area contributed by atoms with Crippen LogP contribution in [-0.4, -0.2) is 147 Å². The number of hydrogen-bond acceptors (Lipinski definition) is 15. The largest absolute Gasteiger partial charge is 0.481 e. The van der Waals surface area contributed by atoms with E-state index in [4.69, 9.17) is 23.7 Å². The SMILES string of the molecule is COC(=O)[C@@]1(C)CC[C@]2(C(=O)O)CC[C@]3(C)C(=CCC4[C@@]5(C)CC(=O)[C@H](O[C@@H]6OC[C@@H](O[C@@H]7O[C@H](CO)[C@@H](O)[C@H](O)[C@H]7O)[C@H](O)[C@H]6O)[C@@](C)(CO)C5CC[C@]43C)[C@@H]2C1. The van der Waals surface area contributed by atoms with Crippen LogP contribution in [0.1, 0.15) is 92.4 Å². The Kier molecular flexibility index (Phi) is 11.4. The van der Waals surface area contributed by atoms with Crippen molar-refractivity contribution in [2.75, 3.05) is 26.9 Å². The van der Waals surface area contributed by atoms with Crippen molar-refractivity contribution in [2.45, 2.75) is 154 Å². The number of carboxylic acids is 1. The minimum atomic E-state index is -1.74. The van der Waals surface area contributed by atoms with Gasteiger partial charge in [0.1, 0.15) is 48.8 Å². The number of methoxy groups -OCH3 is 1. The van der Waals surface area contributed by atoms with Gasteiger partial charge in [-0.1, -0.05) is 39.3 Å². The first-order valence-corrected chi connectivity index (χ1v) is 20.9. The number of fused-ring (bicyclic) bond motifs is 7. The van der Waals surface area contributed by atoms with Crippen molar-refractivity contribution in [1.29, 1.82) is 0 Å². The van der Waals surface area contributed by atoms with E-state index < -0.39 is 108 Å². The summed E-state index contributed by atoms with van der Waals surface area (Å²) in [7, 11) is 1.37. The van der Waals surface area contributed by atoms with Crippen LogP contribution in [0.15, 0.2) is 11.6 Å². The fourth-order valence-electron chi connectivity index (χ4n) is 13.5. The number of ether oxygens (including phenoxy) is 5. The van der Waals surface area contributed by atoms with Gasteiger partial charge in [-0.25, -0.2) is 0 Å². The van der Waals surface area contributed by atoms with Crippen LogP contribution in [0.2, 0.25) is 0 Å². The summed E-state index contributed by atoms with van der Waals surface area (Å²) in [5, 5.41) is 84.5. The Morgan fingerprint density at radius 1 is 0.845 bits per heavy atom. The first-order chi connectivity index (χ1) is 27.1. The van der Waals surface area contributed by atoms with Crippen molar-refractivity contribution in [3.8, 4) is 0 Å². The van der Waals surface area contributed by atoms with Crippen LogP contribution < -0.4 is 0 Å². The van der Waals surface area contributed by atoms with E-state index in [1.54, 1.807) is 0 Å². The third kappa shape index (κ3) is 6.21. The lowest BCUT2D eigenvalue weighted by molar-refractivity contribution is -0.349. The first-order valence-electron chi connectivity index (χ1n) is 20.9. The van der Waals surface area contributed by atoms with Crippen molar-refractivity contribution >= 4 is 17.7 Å². The summed E-state index contributed by atoms with van der Waals surface area (Å²) in [5.41, 5.74) is -3.17. The van der Waals surface area contributed by atoms with Crippen molar-refractivity contribution in [2.24, 2.45) is 50.2 Å². The van der Waals surface area contributed by atoms with Crippen molar-refractivity contribution in [1.82, 2.24) is 0 Å². The highest BCUT2D eigenvalue weighted by Gasteiger charge is 2.71. The summed E-state index contributed by atoms with van der Waals surface area (Å²) >= 11 is 0. The first kappa shape index (κ1) is 44.0. The molecule has 19 atom stereocenters. The molecule has 2 aliphatic heterocycles. The molecule has 58 heavy (non-hydrogen) atoms. The summed E-state index contributed by atoms with van der Waals surface area (Å²) in [6.45, 7) is 8.87. The summed E-state index contributed by atoms with van der Waals surface area (Å²) in [5.74, 6) is -2.01. The van der Waals surface area contributed by atoms with Gasteiger partial charge in [0.15, 0.2) is 18.4 Å². The monoisotopic (exact) mass is 824 g/mol. The quantitative estimate of drug-likeness (QED) is 0.0958. The van der Waals surface area contributed by atoms with Gasteiger partial charge in [0.25, 0.3) is 0 Å². The second kappa shape index (κ2) is 15.1. The minimum Gasteiger partial charge on any atom is -0.481 e. The number of aliphatic hydroxyl groups is 7. The Morgan fingerprint density at radius 2 is 1.52 bits per heavy atom. The topological polar surface area (TPSA) is 259 Å². The number of aliphatic carboxylic acids is 1. The third-order valence-corrected chi connectivity index (χ3v) is 17.2. The number of carboxylic acid groups (broad SMARTS) is 1. The van der Waals surface area contributed by atoms with Gasteiger partial charge in [-0.3, -0.25) is 14.4 Å². The molecule has 2 saturated heterocycles. The maximum Gasteiger partial charge on any atom is 0.311 e. The van der Waals surface area contributed by atoms with E-state index in [0.717, 1.165) is 12.0 Å². The lowest BCUT2D eigenvalue weighted by Gasteiger charge is -2.71. The van der Waals surface area contributed by atoms with Gasteiger partial charge in [0.2, 0.25) is 0 Å². The van der Waals surface area contributed by atoms with Crippen LogP contribution in [0.3, 0.4) is 0 Å². The summed E-state index contributed by atoms with van der Waals surface area (Å²) in [6, 6.07) is 0. The van der Waals surface area contributed by atoms with Crippen LogP contribution in [0, 0.1) is 50.2 Å². The fraction of sp³-hybridized carbons (Fsp3) is 0.881. The smallest absolute Gasteiger partial charge is 0.311 e. The molecule has 0 radical (unpaired) electrons. The molecule has 8 N–H and O–H groups in total. The Labute approximate surface area is 338 Å². The predicted molar refractivity (Wildman–Crippen MR) is 200 cm³/mol. The van der Waals surface area contributed by atoms with Crippen molar-refractivity contribution in [3.63, 3.8) is 0 Å². The molecular weight excluding hydrogens is 760 g/mol. The molecule has 16 heteroatoms. The molecule has 6 fully saturated rings. The van der Waals surface area contributed by atoms with Gasteiger partial charge in [-0.2, -0.15) is 0 Å². The maximum atomic E-state index is 14.5. The average Bonchev–Trinajstić information content (AvgIpc) is 3.18. The molecule has 7 rings (SSSR count). The highest BCUT2D eigenvalue weighted by atomic mass is 16.7. The zero-order chi connectivity index (χ0) is 42.5. The van der Waals surface area contributed by atoms with E-state index in [1.165, 1.54) is 7.11 Å². The van der Waals surface area contributed by atoms with Gasteiger partial charge in [-0.15, -0.1) is 0 Å².